The van der Waals surface area contributed by atoms with Gasteiger partial charge in [-0.2, -0.15) is 12.7 Å². The van der Waals surface area contributed by atoms with Gasteiger partial charge in [0.05, 0.1) is 5.54 Å². The molecule has 1 heterocycles. The molecule has 5 heteroatoms. The summed E-state index contributed by atoms with van der Waals surface area (Å²) in [6, 6.07) is -0.0865. The van der Waals surface area contributed by atoms with Crippen LogP contribution in [0.5, 0.6) is 0 Å². The Kier molecular flexibility index (Phi) is 3.65. The summed E-state index contributed by atoms with van der Waals surface area (Å²) in [4.78, 5) is 0. The van der Waals surface area contributed by atoms with Crippen molar-refractivity contribution in [3.05, 3.63) is 12.3 Å². The Hall–Kier alpha value is -0.550. The van der Waals surface area contributed by atoms with E-state index in [0.717, 1.165) is 0 Å². The number of hydrogen-bond acceptors (Lipinski definition) is 2. The molecule has 100 valence electrons. The van der Waals surface area contributed by atoms with Crippen molar-refractivity contribution < 1.29 is 8.42 Å². The Morgan fingerprint density at radius 2 is 1.53 bits per heavy atom. The first kappa shape index (κ1) is 14.5. The molecular weight excluding hydrogens is 236 g/mol. The van der Waals surface area contributed by atoms with Crippen LogP contribution in [0.2, 0.25) is 0 Å². The predicted molar refractivity (Wildman–Crippen MR) is 70.6 cm³/mol. The van der Waals surface area contributed by atoms with Crippen LogP contribution < -0.4 is 4.72 Å². The zero-order valence-electron chi connectivity index (χ0n) is 11.6. The van der Waals surface area contributed by atoms with E-state index in [9.17, 15) is 8.42 Å². The van der Waals surface area contributed by atoms with E-state index in [1.807, 2.05) is 41.5 Å². The number of hydrogen-bond donors (Lipinski definition) is 1. The van der Waals surface area contributed by atoms with Crippen molar-refractivity contribution in [2.24, 2.45) is 11.8 Å². The molecule has 1 aliphatic rings. The molecule has 0 aromatic carbocycles. The molecule has 0 aromatic rings. The molecule has 0 aliphatic carbocycles. The Morgan fingerprint density at radius 1 is 1.12 bits per heavy atom. The van der Waals surface area contributed by atoms with Crippen LogP contribution >= 0.6 is 0 Å². The van der Waals surface area contributed by atoms with E-state index < -0.39 is 15.7 Å². The van der Waals surface area contributed by atoms with Gasteiger partial charge < -0.3 is 0 Å². The van der Waals surface area contributed by atoms with Crippen LogP contribution in [-0.2, 0) is 10.2 Å². The molecule has 0 atom stereocenters. The lowest BCUT2D eigenvalue weighted by Gasteiger charge is -2.44. The normalized spacial score (nSPS) is 23.7. The molecule has 4 nitrogen and oxygen atoms in total. The summed E-state index contributed by atoms with van der Waals surface area (Å²) in [7, 11) is -3.45. The van der Waals surface area contributed by atoms with Crippen LogP contribution in [0.25, 0.3) is 0 Å². The van der Waals surface area contributed by atoms with E-state index in [0.29, 0.717) is 5.70 Å². The summed E-state index contributed by atoms with van der Waals surface area (Å²) in [5, 5.41) is 0. The minimum Gasteiger partial charge on any atom is -0.273 e. The highest BCUT2D eigenvalue weighted by atomic mass is 32.2. The summed E-state index contributed by atoms with van der Waals surface area (Å²) < 4.78 is 28.5. The highest BCUT2D eigenvalue weighted by Crippen LogP contribution is 2.44. The van der Waals surface area contributed by atoms with Crippen molar-refractivity contribution in [1.82, 2.24) is 9.03 Å². The largest absolute Gasteiger partial charge is 0.302 e. The third-order valence-electron chi connectivity index (χ3n) is 3.59. The van der Waals surface area contributed by atoms with Crippen LogP contribution in [0.4, 0.5) is 0 Å². The Morgan fingerprint density at radius 3 is 1.76 bits per heavy atom. The smallest absolute Gasteiger partial charge is 0.273 e. The molecule has 1 fully saturated rings. The van der Waals surface area contributed by atoms with Gasteiger partial charge in [-0.1, -0.05) is 34.3 Å². The molecule has 0 saturated carbocycles. The Bertz CT molecular complexity index is 402. The number of nitrogens with zero attached hydrogens (tertiary/aromatic N) is 1. The quantitative estimate of drug-likeness (QED) is 0.845. The standard InChI is InChI=1S/C12H24N2O2S/c1-8(2)12(9(3)4)11(7)13-17(15,16)14(12)10(5)6/h8-10,13H,7H2,1-6H3. The minimum atomic E-state index is -3.45. The van der Waals surface area contributed by atoms with Crippen molar-refractivity contribution in [3.8, 4) is 0 Å². The SMILES string of the molecule is C=C1NS(=O)(=O)N(C(C)C)C1(C(C)C)C(C)C. The van der Waals surface area contributed by atoms with E-state index in [1.54, 1.807) is 4.31 Å². The fourth-order valence-corrected chi connectivity index (χ4v) is 5.25. The van der Waals surface area contributed by atoms with E-state index in [2.05, 4.69) is 11.3 Å². The molecule has 17 heavy (non-hydrogen) atoms. The summed E-state index contributed by atoms with van der Waals surface area (Å²) in [6.45, 7) is 15.9. The highest BCUT2D eigenvalue weighted by molar-refractivity contribution is 7.87. The molecule has 1 N–H and O–H groups in total. The number of nitrogens with one attached hydrogen (secondary N) is 1. The number of rotatable bonds is 3. The molecule has 0 amide bonds. The van der Waals surface area contributed by atoms with Gasteiger partial charge in [-0.15, -0.1) is 0 Å². The first-order valence-corrected chi connectivity index (χ1v) is 7.54. The van der Waals surface area contributed by atoms with Crippen LogP contribution in [0.15, 0.2) is 12.3 Å². The zero-order chi connectivity index (χ0) is 13.6. The summed E-state index contributed by atoms with van der Waals surface area (Å²) in [5.74, 6) is 0.337. The van der Waals surface area contributed by atoms with Gasteiger partial charge in [0.2, 0.25) is 0 Å². The van der Waals surface area contributed by atoms with E-state index in [1.165, 1.54) is 0 Å². The molecule has 0 spiro atoms. The molecule has 0 unspecified atom stereocenters. The highest BCUT2D eigenvalue weighted by Gasteiger charge is 2.57. The second-order valence-corrected chi connectivity index (χ2v) is 7.16. The molecule has 1 saturated heterocycles. The second-order valence-electron chi connectivity index (χ2n) is 5.61. The topological polar surface area (TPSA) is 49.4 Å². The molecule has 1 rings (SSSR count). The van der Waals surface area contributed by atoms with Gasteiger partial charge in [-0.25, -0.2) is 0 Å². The van der Waals surface area contributed by atoms with Crippen molar-refractivity contribution >= 4 is 10.2 Å². The van der Waals surface area contributed by atoms with Gasteiger partial charge in [0.15, 0.2) is 0 Å². The third-order valence-corrected chi connectivity index (χ3v) is 5.33. The minimum absolute atomic E-state index is 0.0865. The maximum atomic E-state index is 12.2. The van der Waals surface area contributed by atoms with Crippen molar-refractivity contribution in [3.63, 3.8) is 0 Å². The molecule has 1 aliphatic heterocycles. The van der Waals surface area contributed by atoms with Gasteiger partial charge in [0, 0.05) is 11.7 Å². The zero-order valence-corrected chi connectivity index (χ0v) is 12.4. The van der Waals surface area contributed by atoms with Crippen LogP contribution in [0.3, 0.4) is 0 Å². The maximum Gasteiger partial charge on any atom is 0.302 e. The van der Waals surface area contributed by atoms with E-state index in [-0.39, 0.29) is 17.9 Å². The van der Waals surface area contributed by atoms with Gasteiger partial charge >= 0.3 is 10.2 Å². The van der Waals surface area contributed by atoms with E-state index >= 15 is 0 Å². The fourth-order valence-electron chi connectivity index (χ4n) is 3.20. The molecule has 0 radical (unpaired) electrons. The first-order chi connectivity index (χ1) is 7.58. The van der Waals surface area contributed by atoms with Gasteiger partial charge in [-0.3, -0.25) is 4.72 Å². The molecular formula is C12H24N2O2S. The fraction of sp³-hybridized carbons (Fsp3) is 0.833. The second kappa shape index (κ2) is 4.28. The predicted octanol–water partition coefficient (Wildman–Crippen LogP) is 2.11. The summed E-state index contributed by atoms with van der Waals surface area (Å²) in [6.07, 6.45) is 0. The summed E-state index contributed by atoms with van der Waals surface area (Å²) in [5.41, 5.74) is 0.0590. The lowest BCUT2D eigenvalue weighted by molar-refractivity contribution is 0.0989. The summed E-state index contributed by atoms with van der Waals surface area (Å²) >= 11 is 0. The van der Waals surface area contributed by atoms with Crippen molar-refractivity contribution in [2.75, 3.05) is 0 Å². The van der Waals surface area contributed by atoms with Gasteiger partial charge in [0.1, 0.15) is 0 Å². The lowest BCUT2D eigenvalue weighted by Crippen LogP contribution is -2.56. The average Bonchev–Trinajstić information content (AvgIpc) is 2.31. The van der Waals surface area contributed by atoms with Crippen molar-refractivity contribution in [2.45, 2.75) is 53.1 Å². The van der Waals surface area contributed by atoms with Crippen LogP contribution in [-0.4, -0.2) is 24.3 Å². The monoisotopic (exact) mass is 260 g/mol. The van der Waals surface area contributed by atoms with Crippen LogP contribution in [0, 0.1) is 11.8 Å². The Balaban J connectivity index is 3.51. The van der Waals surface area contributed by atoms with Crippen molar-refractivity contribution in [1.29, 1.82) is 0 Å². The van der Waals surface area contributed by atoms with Gasteiger partial charge in [0.25, 0.3) is 0 Å². The Labute approximate surface area is 105 Å². The lowest BCUT2D eigenvalue weighted by atomic mass is 9.74. The first-order valence-electron chi connectivity index (χ1n) is 6.10. The molecule has 0 aromatic heterocycles. The molecule has 0 bridgehead atoms. The van der Waals surface area contributed by atoms with Gasteiger partial charge in [-0.05, 0) is 25.7 Å². The van der Waals surface area contributed by atoms with E-state index in [4.69, 9.17) is 0 Å². The van der Waals surface area contributed by atoms with Crippen LogP contribution in [0.1, 0.15) is 41.5 Å². The maximum absolute atomic E-state index is 12.2. The third kappa shape index (κ3) is 1.89. The average molecular weight is 260 g/mol.